The van der Waals surface area contributed by atoms with Crippen molar-refractivity contribution < 1.29 is 17.9 Å². The second-order valence-corrected chi connectivity index (χ2v) is 4.69. The van der Waals surface area contributed by atoms with Gasteiger partial charge in [0.05, 0.1) is 12.2 Å². The number of nitrogens with two attached hydrogens (primary N) is 1. The molecule has 0 radical (unpaired) electrons. The van der Waals surface area contributed by atoms with Gasteiger partial charge < -0.3 is 10.5 Å². The van der Waals surface area contributed by atoms with Gasteiger partial charge in [-0.2, -0.15) is 13.2 Å². The molecule has 1 heterocycles. The maximum Gasteiger partial charge on any atom is 0.416 e. The zero-order valence-electron chi connectivity index (χ0n) is 9.91. The van der Waals surface area contributed by atoms with E-state index < -0.39 is 11.7 Å². The fraction of sp³-hybridized carbons (Fsp3) is 0.538. The summed E-state index contributed by atoms with van der Waals surface area (Å²) in [6.07, 6.45) is -2.80. The normalized spacial score (nSPS) is 25.1. The van der Waals surface area contributed by atoms with Gasteiger partial charge in [-0.15, -0.1) is 0 Å². The van der Waals surface area contributed by atoms with E-state index >= 15 is 0 Å². The molecule has 2 N–H and O–H groups in total. The SMILES string of the molecule is NC1CCOCC1Cc1ccc(C(F)(F)F)cc1. The summed E-state index contributed by atoms with van der Waals surface area (Å²) < 4.78 is 42.5. The van der Waals surface area contributed by atoms with Gasteiger partial charge >= 0.3 is 6.18 Å². The van der Waals surface area contributed by atoms with Crippen molar-refractivity contribution in [2.24, 2.45) is 11.7 Å². The van der Waals surface area contributed by atoms with Crippen LogP contribution in [0.2, 0.25) is 0 Å². The van der Waals surface area contributed by atoms with Gasteiger partial charge in [-0.1, -0.05) is 12.1 Å². The Bertz CT molecular complexity index is 388. The summed E-state index contributed by atoms with van der Waals surface area (Å²) in [7, 11) is 0. The summed E-state index contributed by atoms with van der Waals surface area (Å²) in [5.74, 6) is 0.190. The molecule has 0 amide bonds. The molecular formula is C13H16F3NO. The Labute approximate surface area is 104 Å². The van der Waals surface area contributed by atoms with Crippen molar-refractivity contribution in [2.45, 2.75) is 25.1 Å². The van der Waals surface area contributed by atoms with Crippen LogP contribution in [0.25, 0.3) is 0 Å². The number of hydrogen-bond donors (Lipinski definition) is 1. The molecule has 2 unspecified atom stereocenters. The molecule has 100 valence electrons. The van der Waals surface area contributed by atoms with Crippen LogP contribution in [-0.4, -0.2) is 19.3 Å². The second kappa shape index (κ2) is 5.28. The lowest BCUT2D eigenvalue weighted by molar-refractivity contribution is -0.137. The second-order valence-electron chi connectivity index (χ2n) is 4.69. The standard InChI is InChI=1S/C13H16F3NO/c14-13(15,16)11-3-1-9(2-4-11)7-10-8-18-6-5-12(10)17/h1-4,10,12H,5-8,17H2. The highest BCUT2D eigenvalue weighted by Gasteiger charge is 2.30. The number of ether oxygens (including phenoxy) is 1. The van der Waals surface area contributed by atoms with E-state index in [1.165, 1.54) is 12.1 Å². The first-order valence-electron chi connectivity index (χ1n) is 5.96. The zero-order valence-corrected chi connectivity index (χ0v) is 9.91. The Morgan fingerprint density at radius 2 is 1.89 bits per heavy atom. The van der Waals surface area contributed by atoms with Crippen LogP contribution < -0.4 is 5.73 Å². The van der Waals surface area contributed by atoms with Gasteiger partial charge in [0.2, 0.25) is 0 Å². The van der Waals surface area contributed by atoms with E-state index in [9.17, 15) is 13.2 Å². The van der Waals surface area contributed by atoms with E-state index in [-0.39, 0.29) is 12.0 Å². The van der Waals surface area contributed by atoms with Crippen molar-refractivity contribution in [1.29, 1.82) is 0 Å². The Hall–Kier alpha value is -1.07. The predicted molar refractivity (Wildman–Crippen MR) is 62.0 cm³/mol. The molecule has 1 aliphatic rings. The van der Waals surface area contributed by atoms with Crippen LogP contribution in [0.4, 0.5) is 13.2 Å². The highest BCUT2D eigenvalue weighted by molar-refractivity contribution is 5.25. The minimum absolute atomic E-state index is 0.0704. The van der Waals surface area contributed by atoms with Crippen LogP contribution in [-0.2, 0) is 17.3 Å². The van der Waals surface area contributed by atoms with Crippen molar-refractivity contribution >= 4 is 0 Å². The van der Waals surface area contributed by atoms with Gasteiger partial charge in [0, 0.05) is 18.6 Å². The molecule has 1 aromatic carbocycles. The van der Waals surface area contributed by atoms with Crippen LogP contribution in [0.5, 0.6) is 0 Å². The lowest BCUT2D eigenvalue weighted by Gasteiger charge is -2.28. The zero-order chi connectivity index (χ0) is 13.2. The van der Waals surface area contributed by atoms with Gasteiger partial charge in [-0.3, -0.25) is 0 Å². The monoisotopic (exact) mass is 259 g/mol. The van der Waals surface area contributed by atoms with Gasteiger partial charge in [-0.25, -0.2) is 0 Å². The van der Waals surface area contributed by atoms with Crippen LogP contribution in [0.15, 0.2) is 24.3 Å². The molecular weight excluding hydrogens is 243 g/mol. The number of halogens is 3. The summed E-state index contributed by atoms with van der Waals surface area (Å²) in [6, 6.07) is 5.34. The smallest absolute Gasteiger partial charge is 0.381 e. The van der Waals surface area contributed by atoms with Crippen LogP contribution in [0.3, 0.4) is 0 Å². The van der Waals surface area contributed by atoms with Gasteiger partial charge in [-0.05, 0) is 30.5 Å². The van der Waals surface area contributed by atoms with E-state index in [0.29, 0.717) is 19.6 Å². The topological polar surface area (TPSA) is 35.2 Å². The number of rotatable bonds is 2. The van der Waals surface area contributed by atoms with Gasteiger partial charge in [0.15, 0.2) is 0 Å². The summed E-state index contributed by atoms with van der Waals surface area (Å²) in [4.78, 5) is 0. The lowest BCUT2D eigenvalue weighted by atomic mass is 9.90. The third-order valence-corrected chi connectivity index (χ3v) is 3.31. The van der Waals surface area contributed by atoms with Crippen molar-refractivity contribution in [3.63, 3.8) is 0 Å². The molecule has 1 aliphatic heterocycles. The van der Waals surface area contributed by atoms with E-state index in [4.69, 9.17) is 10.5 Å². The average Bonchev–Trinajstić information content (AvgIpc) is 2.32. The molecule has 5 heteroatoms. The van der Waals surface area contributed by atoms with Gasteiger partial charge in [0.1, 0.15) is 0 Å². The molecule has 2 nitrogen and oxygen atoms in total. The molecule has 0 saturated carbocycles. The highest BCUT2D eigenvalue weighted by Crippen LogP contribution is 2.29. The molecule has 0 bridgehead atoms. The fourth-order valence-electron chi connectivity index (χ4n) is 2.16. The van der Waals surface area contributed by atoms with Crippen molar-refractivity contribution in [3.8, 4) is 0 Å². The first-order chi connectivity index (χ1) is 8.47. The van der Waals surface area contributed by atoms with Crippen molar-refractivity contribution in [2.75, 3.05) is 13.2 Å². The lowest BCUT2D eigenvalue weighted by Crippen LogP contribution is -2.39. The maximum atomic E-state index is 12.4. The van der Waals surface area contributed by atoms with E-state index in [1.54, 1.807) is 0 Å². The quantitative estimate of drug-likeness (QED) is 0.886. The predicted octanol–water partition coefficient (Wildman–Crippen LogP) is 2.61. The van der Waals surface area contributed by atoms with Crippen molar-refractivity contribution in [1.82, 2.24) is 0 Å². The summed E-state index contributed by atoms with van der Waals surface area (Å²) >= 11 is 0. The molecule has 1 fully saturated rings. The molecule has 1 aromatic rings. The Morgan fingerprint density at radius 1 is 1.22 bits per heavy atom. The molecule has 2 atom stereocenters. The largest absolute Gasteiger partial charge is 0.416 e. The number of hydrogen-bond acceptors (Lipinski definition) is 2. The Morgan fingerprint density at radius 3 is 2.44 bits per heavy atom. The van der Waals surface area contributed by atoms with Gasteiger partial charge in [0.25, 0.3) is 0 Å². The molecule has 0 spiro atoms. The first-order valence-corrected chi connectivity index (χ1v) is 5.96. The summed E-state index contributed by atoms with van der Waals surface area (Å²) in [5.41, 5.74) is 6.22. The average molecular weight is 259 g/mol. The fourth-order valence-corrected chi connectivity index (χ4v) is 2.16. The summed E-state index contributed by atoms with van der Waals surface area (Å²) in [5, 5.41) is 0. The first kappa shape index (κ1) is 13.4. The minimum atomic E-state index is -4.27. The molecule has 0 aromatic heterocycles. The highest BCUT2D eigenvalue weighted by atomic mass is 19.4. The number of alkyl halides is 3. The third-order valence-electron chi connectivity index (χ3n) is 3.31. The third kappa shape index (κ3) is 3.23. The van der Waals surface area contributed by atoms with Crippen LogP contribution >= 0.6 is 0 Å². The minimum Gasteiger partial charge on any atom is -0.381 e. The summed E-state index contributed by atoms with van der Waals surface area (Å²) in [6.45, 7) is 1.26. The van der Waals surface area contributed by atoms with E-state index in [0.717, 1.165) is 24.1 Å². The number of benzene rings is 1. The van der Waals surface area contributed by atoms with E-state index in [1.807, 2.05) is 0 Å². The maximum absolute atomic E-state index is 12.4. The molecule has 0 aliphatic carbocycles. The molecule has 18 heavy (non-hydrogen) atoms. The molecule has 1 saturated heterocycles. The van der Waals surface area contributed by atoms with Crippen molar-refractivity contribution in [3.05, 3.63) is 35.4 Å². The molecule has 2 rings (SSSR count). The van der Waals surface area contributed by atoms with E-state index in [2.05, 4.69) is 0 Å². The van der Waals surface area contributed by atoms with Crippen LogP contribution in [0.1, 0.15) is 17.5 Å². The van der Waals surface area contributed by atoms with Crippen LogP contribution in [0, 0.1) is 5.92 Å². The Balaban J connectivity index is 2.02. The Kier molecular flexibility index (Phi) is 3.92.